The smallest absolute Gasteiger partial charge is 0.335 e. The van der Waals surface area contributed by atoms with Gasteiger partial charge < -0.3 is 25.4 Å². The zero-order valence-corrected chi connectivity index (χ0v) is 26.9. The van der Waals surface area contributed by atoms with E-state index < -0.39 is 35.2 Å². The topological polar surface area (TPSA) is 152 Å². The van der Waals surface area contributed by atoms with Crippen LogP contribution < -0.4 is 15.4 Å². The number of carboxylic acids is 1. The highest BCUT2D eigenvalue weighted by molar-refractivity contribution is 6.31. The molecule has 3 aromatic carbocycles. The SMILES string of the molecule is CC1(C)Cc2c(OC3CCNCC3)cccc2C(C(=O)Nc2ccc(C(=O)O)cc2)N1C(=O)C=Cc1c(-n2cnnn2)ccc(Cl)c1F. The molecule has 12 nitrogen and oxygen atoms in total. The molecule has 0 saturated carbocycles. The average molecular weight is 674 g/mol. The fourth-order valence-electron chi connectivity index (χ4n) is 6.25. The number of benzene rings is 3. The number of carboxylic acid groups (broad SMARTS) is 1. The van der Waals surface area contributed by atoms with Crippen molar-refractivity contribution in [3.63, 3.8) is 0 Å². The first-order valence-electron chi connectivity index (χ1n) is 15.4. The van der Waals surface area contributed by atoms with Crippen LogP contribution in [0.15, 0.2) is 67.0 Å². The number of carbonyl (C=O) groups is 3. The van der Waals surface area contributed by atoms with Crippen molar-refractivity contribution in [2.45, 2.75) is 50.8 Å². The molecule has 0 spiro atoms. The Kier molecular flexibility index (Phi) is 9.24. The Morgan fingerprint density at radius 3 is 2.54 bits per heavy atom. The molecule has 1 aromatic heterocycles. The average Bonchev–Trinajstić information content (AvgIpc) is 3.60. The van der Waals surface area contributed by atoms with E-state index in [0.717, 1.165) is 31.5 Å². The summed E-state index contributed by atoms with van der Waals surface area (Å²) in [6, 6.07) is 13.0. The second-order valence-corrected chi connectivity index (χ2v) is 12.7. The van der Waals surface area contributed by atoms with E-state index in [0.29, 0.717) is 23.4 Å². The van der Waals surface area contributed by atoms with E-state index in [1.54, 1.807) is 12.1 Å². The van der Waals surface area contributed by atoms with Crippen molar-refractivity contribution in [2.75, 3.05) is 18.4 Å². The Balaban J connectivity index is 1.40. The maximum atomic E-state index is 15.3. The van der Waals surface area contributed by atoms with Crippen molar-refractivity contribution in [2.24, 2.45) is 0 Å². The number of aromatic carboxylic acids is 1. The molecule has 6 rings (SSSR count). The molecule has 2 amide bonds. The van der Waals surface area contributed by atoms with Crippen LogP contribution in [0.25, 0.3) is 11.8 Å². The maximum Gasteiger partial charge on any atom is 0.335 e. The van der Waals surface area contributed by atoms with Crippen molar-refractivity contribution in [1.29, 1.82) is 0 Å². The minimum atomic E-state index is -1.13. The minimum Gasteiger partial charge on any atom is -0.490 e. The van der Waals surface area contributed by atoms with Gasteiger partial charge in [-0.15, -0.1) is 5.10 Å². The van der Waals surface area contributed by atoms with Gasteiger partial charge in [-0.2, -0.15) is 4.68 Å². The second-order valence-electron chi connectivity index (χ2n) is 12.2. The summed E-state index contributed by atoms with van der Waals surface area (Å²) in [6.45, 7) is 5.40. The molecule has 1 fully saturated rings. The van der Waals surface area contributed by atoms with Gasteiger partial charge in [0.1, 0.15) is 24.2 Å². The van der Waals surface area contributed by atoms with E-state index in [9.17, 15) is 19.5 Å². The Morgan fingerprint density at radius 1 is 1.10 bits per heavy atom. The van der Waals surface area contributed by atoms with Crippen LogP contribution in [0.1, 0.15) is 59.8 Å². The third kappa shape index (κ3) is 6.64. The molecule has 14 heteroatoms. The third-order valence-electron chi connectivity index (χ3n) is 8.55. The molecule has 3 N–H and O–H groups in total. The van der Waals surface area contributed by atoms with Gasteiger partial charge in [-0.05, 0) is 111 Å². The molecule has 1 saturated heterocycles. The molecular weight excluding hydrogens is 641 g/mol. The van der Waals surface area contributed by atoms with Crippen LogP contribution >= 0.6 is 11.6 Å². The summed E-state index contributed by atoms with van der Waals surface area (Å²) in [4.78, 5) is 41.3. The first-order chi connectivity index (χ1) is 23.0. The van der Waals surface area contributed by atoms with Gasteiger partial charge in [0, 0.05) is 28.4 Å². The zero-order chi connectivity index (χ0) is 34.0. The quantitative estimate of drug-likeness (QED) is 0.223. The van der Waals surface area contributed by atoms with Crippen molar-refractivity contribution in [3.8, 4) is 11.4 Å². The lowest BCUT2D eigenvalue weighted by Crippen LogP contribution is -2.56. The van der Waals surface area contributed by atoms with Gasteiger partial charge in [-0.1, -0.05) is 23.7 Å². The molecule has 1 atom stereocenters. The molecule has 3 heterocycles. The van der Waals surface area contributed by atoms with Crippen LogP contribution in [0.4, 0.5) is 10.1 Å². The summed E-state index contributed by atoms with van der Waals surface area (Å²) >= 11 is 6.10. The van der Waals surface area contributed by atoms with Gasteiger partial charge in [0.2, 0.25) is 5.91 Å². The zero-order valence-electron chi connectivity index (χ0n) is 26.2. The number of rotatable bonds is 8. The number of hydrogen-bond donors (Lipinski definition) is 3. The van der Waals surface area contributed by atoms with Crippen LogP contribution in [0.5, 0.6) is 5.75 Å². The minimum absolute atomic E-state index is 0.00505. The van der Waals surface area contributed by atoms with Crippen LogP contribution in [-0.4, -0.2) is 72.7 Å². The van der Waals surface area contributed by atoms with Crippen LogP contribution in [-0.2, 0) is 16.0 Å². The van der Waals surface area contributed by atoms with Gasteiger partial charge >= 0.3 is 5.97 Å². The highest BCUT2D eigenvalue weighted by Crippen LogP contribution is 2.44. The molecule has 0 bridgehead atoms. The summed E-state index contributed by atoms with van der Waals surface area (Å²) in [6.07, 6.45) is 5.85. The Labute approximate surface area is 280 Å². The predicted molar refractivity (Wildman–Crippen MR) is 176 cm³/mol. The standard InChI is InChI=1S/C34H33ClFN7O5/c1-34(2)18-25-23(4-3-5-28(25)48-22-14-16-37-17-15-22)31(32(45)39-21-8-6-20(7-9-21)33(46)47)43(34)29(44)13-10-24-27(42-19-38-40-41-42)12-11-26(35)30(24)36/h3-13,19,22,31,37H,14-18H2,1-2H3,(H,39,45)(H,46,47). The molecule has 48 heavy (non-hydrogen) atoms. The molecule has 0 radical (unpaired) electrons. The van der Waals surface area contributed by atoms with Crippen molar-refractivity contribution < 1.29 is 28.6 Å². The van der Waals surface area contributed by atoms with Gasteiger partial charge in [0.15, 0.2) is 5.82 Å². The number of aromatic nitrogens is 4. The van der Waals surface area contributed by atoms with E-state index in [2.05, 4.69) is 26.2 Å². The van der Waals surface area contributed by atoms with Crippen molar-refractivity contribution >= 4 is 41.1 Å². The van der Waals surface area contributed by atoms with Gasteiger partial charge in [0.25, 0.3) is 5.91 Å². The Bertz CT molecular complexity index is 1880. The van der Waals surface area contributed by atoms with E-state index in [4.69, 9.17) is 16.3 Å². The number of ether oxygens (including phenoxy) is 1. The van der Waals surface area contributed by atoms with Crippen LogP contribution in [0.3, 0.4) is 0 Å². The summed E-state index contributed by atoms with van der Waals surface area (Å²) in [5, 5.41) is 26.4. The van der Waals surface area contributed by atoms with E-state index in [1.165, 1.54) is 64.5 Å². The number of nitrogens with one attached hydrogen (secondary N) is 2. The number of halogens is 2. The lowest BCUT2D eigenvalue weighted by molar-refractivity contribution is -0.142. The fraction of sp³-hybridized carbons (Fsp3) is 0.294. The Hall–Kier alpha value is -5.14. The first kappa shape index (κ1) is 32.8. The van der Waals surface area contributed by atoms with Gasteiger partial charge in [0.05, 0.1) is 16.3 Å². The van der Waals surface area contributed by atoms with E-state index in [-0.39, 0.29) is 27.9 Å². The number of fused-ring (bicyclic) bond motifs is 1. The van der Waals surface area contributed by atoms with E-state index >= 15 is 4.39 Å². The number of carbonyl (C=O) groups excluding carboxylic acids is 2. The second kappa shape index (κ2) is 13.5. The van der Waals surface area contributed by atoms with Gasteiger partial charge in [-0.25, -0.2) is 9.18 Å². The number of piperidine rings is 1. The summed E-state index contributed by atoms with van der Waals surface area (Å²) in [7, 11) is 0. The monoisotopic (exact) mass is 673 g/mol. The highest BCUT2D eigenvalue weighted by Gasteiger charge is 2.46. The largest absolute Gasteiger partial charge is 0.490 e. The van der Waals surface area contributed by atoms with Crippen LogP contribution in [0.2, 0.25) is 5.02 Å². The predicted octanol–water partition coefficient (Wildman–Crippen LogP) is 4.84. The number of anilines is 1. The fourth-order valence-corrected chi connectivity index (χ4v) is 6.41. The lowest BCUT2D eigenvalue weighted by Gasteiger charge is -2.48. The first-order valence-corrected chi connectivity index (χ1v) is 15.8. The molecular formula is C34H33ClFN7O5. The number of tetrazole rings is 1. The lowest BCUT2D eigenvalue weighted by atomic mass is 9.80. The Morgan fingerprint density at radius 2 is 1.85 bits per heavy atom. The normalized spacial score (nSPS) is 17.6. The van der Waals surface area contributed by atoms with Crippen molar-refractivity contribution in [1.82, 2.24) is 30.4 Å². The number of nitrogens with zero attached hydrogens (tertiary/aromatic N) is 5. The maximum absolute atomic E-state index is 15.3. The van der Waals surface area contributed by atoms with Crippen LogP contribution in [0, 0.1) is 5.82 Å². The summed E-state index contributed by atoms with van der Waals surface area (Å²) in [5.41, 5.74) is 1.15. The molecule has 2 aliphatic rings. The molecule has 2 aliphatic heterocycles. The van der Waals surface area contributed by atoms with Crippen molar-refractivity contribution in [3.05, 3.63) is 100 Å². The molecule has 0 aliphatic carbocycles. The van der Waals surface area contributed by atoms with E-state index in [1.807, 2.05) is 19.9 Å². The summed E-state index contributed by atoms with van der Waals surface area (Å²) in [5.74, 6) is -2.28. The molecule has 4 aromatic rings. The summed E-state index contributed by atoms with van der Waals surface area (Å²) < 4.78 is 23.1. The highest BCUT2D eigenvalue weighted by atomic mass is 35.5. The number of amides is 2. The molecule has 1 unspecified atom stereocenters. The van der Waals surface area contributed by atoms with Gasteiger partial charge in [-0.3, -0.25) is 9.59 Å². The number of hydrogen-bond acceptors (Lipinski definition) is 8. The molecule has 248 valence electrons. The third-order valence-corrected chi connectivity index (χ3v) is 8.84.